The van der Waals surface area contributed by atoms with E-state index in [0.29, 0.717) is 19.6 Å². The maximum Gasteiger partial charge on any atom is 0.435 e. The predicted molar refractivity (Wildman–Crippen MR) is 61.4 cm³/mol. The van der Waals surface area contributed by atoms with E-state index >= 15 is 0 Å². The molecule has 4 saturated heterocycles. The van der Waals surface area contributed by atoms with Crippen molar-refractivity contribution in [2.75, 3.05) is 20.3 Å². The van der Waals surface area contributed by atoms with E-state index in [1.807, 2.05) is 6.92 Å². The quantitative estimate of drug-likeness (QED) is 0.724. The van der Waals surface area contributed by atoms with Gasteiger partial charge in [0.25, 0.3) is 0 Å². The summed E-state index contributed by atoms with van der Waals surface area (Å²) in [6.45, 7) is 2.81. The third-order valence-electron chi connectivity index (χ3n) is 4.40. The number of fused-ring (bicyclic) bond motifs is 4. The number of ether oxygens (including phenoxy) is 5. The largest absolute Gasteiger partial charge is 0.439 e. The van der Waals surface area contributed by atoms with Crippen molar-refractivity contribution in [3.8, 4) is 0 Å². The molecule has 0 N–H and O–H groups in total. The number of carbonyl (C=O) groups excluding carboxylic acids is 1. The second-order valence-corrected chi connectivity index (χ2v) is 5.29. The summed E-state index contributed by atoms with van der Waals surface area (Å²) in [5.74, 6) is 0. The van der Waals surface area contributed by atoms with Crippen molar-refractivity contribution < 1.29 is 33.3 Å². The summed E-state index contributed by atoms with van der Waals surface area (Å²) in [7, 11) is 1.45. The zero-order valence-corrected chi connectivity index (χ0v) is 11.3. The molecule has 1 spiro atoms. The predicted octanol–water partition coefficient (Wildman–Crippen LogP) is 0.0140. The van der Waals surface area contributed by atoms with E-state index in [4.69, 9.17) is 28.5 Å². The molecule has 1 unspecified atom stereocenters. The lowest BCUT2D eigenvalue weighted by atomic mass is 9.81. The summed E-state index contributed by atoms with van der Waals surface area (Å²) in [5.41, 5.74) is -0.740. The van der Waals surface area contributed by atoms with Gasteiger partial charge in [-0.1, -0.05) is 0 Å². The van der Waals surface area contributed by atoms with E-state index in [0.717, 1.165) is 0 Å². The van der Waals surface area contributed by atoms with Crippen LogP contribution in [0.15, 0.2) is 0 Å². The Balaban J connectivity index is 1.75. The highest BCUT2D eigenvalue weighted by Gasteiger charge is 2.74. The van der Waals surface area contributed by atoms with Crippen molar-refractivity contribution in [3.05, 3.63) is 0 Å². The van der Waals surface area contributed by atoms with E-state index in [-0.39, 0.29) is 6.10 Å². The van der Waals surface area contributed by atoms with Crippen molar-refractivity contribution in [1.82, 2.24) is 5.06 Å². The molecular weight excluding hydrogens is 270 g/mol. The van der Waals surface area contributed by atoms with Crippen LogP contribution in [0, 0.1) is 0 Å². The molecule has 20 heavy (non-hydrogen) atoms. The molecule has 4 fully saturated rings. The number of nitrogens with zero attached hydrogens (tertiary/aromatic N) is 1. The summed E-state index contributed by atoms with van der Waals surface area (Å²) < 4.78 is 28.2. The fraction of sp³-hybridized carbons (Fsp3) is 0.917. The summed E-state index contributed by atoms with van der Waals surface area (Å²) in [5, 5.41) is 1.26. The minimum atomic E-state index is -0.740. The SMILES string of the molecule is CCOC1C[C@]23[C@H](O1)[C@@H]1OC[C@@H](O1)[C@H]2OC(=O)N3OC. The summed E-state index contributed by atoms with van der Waals surface area (Å²) in [4.78, 5) is 17.3. The first-order valence-corrected chi connectivity index (χ1v) is 6.79. The molecule has 0 aromatic carbocycles. The van der Waals surface area contributed by atoms with E-state index in [9.17, 15) is 4.79 Å². The van der Waals surface area contributed by atoms with Crippen LogP contribution in [-0.2, 0) is 28.5 Å². The molecule has 0 aromatic heterocycles. The van der Waals surface area contributed by atoms with Gasteiger partial charge in [0.15, 0.2) is 18.7 Å². The molecule has 0 aliphatic carbocycles. The van der Waals surface area contributed by atoms with Gasteiger partial charge in [-0.25, -0.2) is 4.79 Å². The maximum atomic E-state index is 12.0. The standard InChI is InChI=1S/C12H17NO7/c1-3-16-7-4-12-8(20-11(14)13(12)15-2)6-5-17-10(18-6)9(12)19-7/h6-10H,3-5H2,1-2H3/t6-,7?,8-,9-,10-,12-/m1/s1. The average Bonchev–Trinajstić information content (AvgIpc) is 3.07. The summed E-state index contributed by atoms with van der Waals surface area (Å²) in [6.07, 6.45) is -2.21. The van der Waals surface area contributed by atoms with Gasteiger partial charge in [0, 0.05) is 13.0 Å². The molecule has 4 aliphatic heterocycles. The molecule has 4 rings (SSSR count). The van der Waals surface area contributed by atoms with Crippen molar-refractivity contribution in [2.45, 2.75) is 49.8 Å². The first-order valence-electron chi connectivity index (χ1n) is 6.79. The van der Waals surface area contributed by atoms with Crippen LogP contribution in [0.1, 0.15) is 13.3 Å². The van der Waals surface area contributed by atoms with Gasteiger partial charge in [0.1, 0.15) is 17.7 Å². The van der Waals surface area contributed by atoms with Gasteiger partial charge in [-0.3, -0.25) is 4.84 Å². The van der Waals surface area contributed by atoms with Crippen LogP contribution in [0.25, 0.3) is 0 Å². The third kappa shape index (κ3) is 1.40. The highest BCUT2D eigenvalue weighted by Crippen LogP contribution is 2.52. The number of hydrogen-bond acceptors (Lipinski definition) is 7. The smallest absolute Gasteiger partial charge is 0.435 e. The Bertz CT molecular complexity index is 432. The van der Waals surface area contributed by atoms with Crippen LogP contribution < -0.4 is 0 Å². The van der Waals surface area contributed by atoms with Crippen LogP contribution >= 0.6 is 0 Å². The van der Waals surface area contributed by atoms with Crippen molar-refractivity contribution in [3.63, 3.8) is 0 Å². The topological polar surface area (TPSA) is 75.7 Å². The average molecular weight is 287 g/mol. The lowest BCUT2D eigenvalue weighted by Gasteiger charge is -2.42. The molecule has 6 atom stereocenters. The van der Waals surface area contributed by atoms with E-state index in [1.165, 1.54) is 12.2 Å². The molecule has 1 amide bonds. The van der Waals surface area contributed by atoms with Gasteiger partial charge in [0.05, 0.1) is 13.7 Å². The molecular formula is C12H17NO7. The van der Waals surface area contributed by atoms with Crippen LogP contribution in [0.4, 0.5) is 4.79 Å². The summed E-state index contributed by atoms with van der Waals surface area (Å²) >= 11 is 0. The first-order chi connectivity index (χ1) is 9.70. The number of amides is 1. The van der Waals surface area contributed by atoms with Gasteiger partial charge in [0.2, 0.25) is 0 Å². The molecule has 0 aromatic rings. The summed E-state index contributed by atoms with van der Waals surface area (Å²) in [6, 6.07) is 0. The van der Waals surface area contributed by atoms with Crippen LogP contribution in [0.3, 0.4) is 0 Å². The Morgan fingerprint density at radius 3 is 3.00 bits per heavy atom. The molecule has 112 valence electrons. The number of carbonyl (C=O) groups is 1. The second kappa shape index (κ2) is 4.28. The van der Waals surface area contributed by atoms with E-state index in [1.54, 1.807) is 0 Å². The first kappa shape index (κ1) is 12.8. The number of rotatable bonds is 3. The third-order valence-corrected chi connectivity index (χ3v) is 4.40. The minimum Gasteiger partial charge on any atom is -0.439 e. The monoisotopic (exact) mass is 287 g/mol. The fourth-order valence-electron chi connectivity index (χ4n) is 3.72. The van der Waals surface area contributed by atoms with Crippen molar-refractivity contribution in [2.24, 2.45) is 0 Å². The van der Waals surface area contributed by atoms with Crippen molar-refractivity contribution in [1.29, 1.82) is 0 Å². The molecule has 2 bridgehead atoms. The fourth-order valence-corrected chi connectivity index (χ4v) is 3.72. The highest BCUT2D eigenvalue weighted by atomic mass is 16.8. The van der Waals surface area contributed by atoms with Crippen molar-refractivity contribution >= 4 is 6.09 Å². The Labute approximate surface area is 115 Å². The molecule has 4 heterocycles. The van der Waals surface area contributed by atoms with E-state index in [2.05, 4.69) is 0 Å². The number of hydrogen-bond donors (Lipinski definition) is 0. The highest BCUT2D eigenvalue weighted by molar-refractivity contribution is 5.71. The molecule has 4 aliphatic rings. The zero-order valence-electron chi connectivity index (χ0n) is 11.3. The number of hydroxylamine groups is 2. The lowest BCUT2D eigenvalue weighted by molar-refractivity contribution is -0.257. The Kier molecular flexibility index (Phi) is 2.74. The van der Waals surface area contributed by atoms with Gasteiger partial charge in [-0.05, 0) is 6.92 Å². The zero-order chi connectivity index (χ0) is 13.9. The van der Waals surface area contributed by atoms with Gasteiger partial charge in [-0.2, -0.15) is 5.06 Å². The lowest BCUT2D eigenvalue weighted by Crippen LogP contribution is -2.65. The second-order valence-electron chi connectivity index (χ2n) is 5.29. The van der Waals surface area contributed by atoms with Gasteiger partial charge >= 0.3 is 6.09 Å². The van der Waals surface area contributed by atoms with Gasteiger partial charge < -0.3 is 23.7 Å². The van der Waals surface area contributed by atoms with Gasteiger partial charge in [-0.15, -0.1) is 0 Å². The van der Waals surface area contributed by atoms with Crippen LogP contribution in [-0.4, -0.2) is 67.9 Å². The molecule has 8 heteroatoms. The molecule has 0 radical (unpaired) electrons. The molecule has 0 saturated carbocycles. The minimum absolute atomic E-state index is 0.288. The normalized spacial score (nSPS) is 49.2. The Hall–Kier alpha value is -0.930. The van der Waals surface area contributed by atoms with Crippen LogP contribution in [0.2, 0.25) is 0 Å². The Morgan fingerprint density at radius 1 is 1.40 bits per heavy atom. The Morgan fingerprint density at radius 2 is 2.25 bits per heavy atom. The van der Waals surface area contributed by atoms with E-state index < -0.39 is 36.4 Å². The molecule has 8 nitrogen and oxygen atoms in total. The maximum absolute atomic E-state index is 12.0. The van der Waals surface area contributed by atoms with Crippen LogP contribution in [0.5, 0.6) is 0 Å².